The normalized spacial score (nSPS) is 11.2. The van der Waals surface area contributed by atoms with Crippen LogP contribution in [0.5, 0.6) is 0 Å². The zero-order chi connectivity index (χ0) is 8.27. The van der Waals surface area contributed by atoms with Crippen molar-refractivity contribution in [3.05, 3.63) is 16.4 Å². The number of halogens is 2. The number of hydrogen-bond donors (Lipinski definition) is 0. The Hall–Kier alpha value is -0.350. The minimum Gasteiger partial charge on any atom is -0.247 e. The van der Waals surface area contributed by atoms with Gasteiger partial charge in [0, 0.05) is 12.9 Å². The fourth-order valence-corrected chi connectivity index (χ4v) is 1.22. The van der Waals surface area contributed by atoms with Crippen LogP contribution < -0.4 is 0 Å². The van der Waals surface area contributed by atoms with Gasteiger partial charge in [0.05, 0.1) is 5.69 Å². The number of hydrogen-bond acceptors (Lipinski definition) is 2. The van der Waals surface area contributed by atoms with Crippen LogP contribution >= 0.6 is 27.5 Å². The number of aromatic nitrogens is 3. The zero-order valence-electron chi connectivity index (χ0n) is 5.96. The summed E-state index contributed by atoms with van der Waals surface area (Å²) < 4.78 is 2.41. The molecule has 0 saturated heterocycles. The maximum absolute atomic E-state index is 5.47. The molecule has 0 amide bonds. The molecule has 0 aliphatic heterocycles. The van der Waals surface area contributed by atoms with Crippen molar-refractivity contribution in [2.75, 3.05) is 5.88 Å². The maximum atomic E-state index is 5.47. The first-order chi connectivity index (χ1) is 5.25. The molecule has 3 nitrogen and oxygen atoms in total. The summed E-state index contributed by atoms with van der Waals surface area (Å²) in [5.41, 5.74) is 0.922. The Labute approximate surface area is 78.2 Å². The van der Waals surface area contributed by atoms with Gasteiger partial charge in [-0.05, 0) is 22.0 Å². The maximum Gasteiger partial charge on any atom is 0.155 e. The molecular formula is C6H7BrClN3. The Morgan fingerprint density at radius 1 is 1.73 bits per heavy atom. The summed E-state index contributed by atoms with van der Waals surface area (Å²) in [5, 5.41) is 7.60. The lowest BCUT2D eigenvalue weighted by atomic mass is 10.4. The summed E-state index contributed by atoms with van der Waals surface area (Å²) in [4.78, 5) is 0. The van der Waals surface area contributed by atoms with E-state index >= 15 is 0 Å². The van der Waals surface area contributed by atoms with Crippen molar-refractivity contribution in [1.29, 1.82) is 0 Å². The van der Waals surface area contributed by atoms with Crippen molar-refractivity contribution < 1.29 is 0 Å². The molecule has 0 atom stereocenters. The quantitative estimate of drug-likeness (QED) is 0.734. The molecule has 0 N–H and O–H groups in total. The van der Waals surface area contributed by atoms with E-state index in [1.165, 1.54) is 0 Å². The van der Waals surface area contributed by atoms with E-state index in [2.05, 4.69) is 26.2 Å². The summed E-state index contributed by atoms with van der Waals surface area (Å²) >= 11 is 8.73. The molecule has 0 spiro atoms. The molecule has 0 bridgehead atoms. The summed E-state index contributed by atoms with van der Waals surface area (Å²) in [7, 11) is 1.83. The van der Waals surface area contributed by atoms with Gasteiger partial charge in [0.1, 0.15) is 0 Å². The Morgan fingerprint density at radius 2 is 2.45 bits per heavy atom. The minimum atomic E-state index is 0.498. The third kappa shape index (κ3) is 2.04. The van der Waals surface area contributed by atoms with E-state index in [-0.39, 0.29) is 0 Å². The zero-order valence-corrected chi connectivity index (χ0v) is 8.30. The predicted octanol–water partition coefficient (Wildman–Crippen LogP) is 1.83. The lowest BCUT2D eigenvalue weighted by Gasteiger charge is -1.90. The van der Waals surface area contributed by atoms with Crippen molar-refractivity contribution in [3.8, 4) is 0 Å². The predicted molar refractivity (Wildman–Crippen MR) is 48.5 cm³/mol. The highest BCUT2D eigenvalue weighted by molar-refractivity contribution is 9.10. The lowest BCUT2D eigenvalue weighted by Crippen LogP contribution is -1.92. The minimum absolute atomic E-state index is 0.498. The molecule has 0 saturated carbocycles. The molecule has 0 unspecified atom stereocenters. The third-order valence-corrected chi connectivity index (χ3v) is 1.93. The topological polar surface area (TPSA) is 30.7 Å². The van der Waals surface area contributed by atoms with E-state index in [4.69, 9.17) is 11.6 Å². The van der Waals surface area contributed by atoms with Crippen molar-refractivity contribution in [1.82, 2.24) is 15.0 Å². The average molecular weight is 236 g/mol. The van der Waals surface area contributed by atoms with Crippen LogP contribution in [0.15, 0.2) is 10.7 Å². The van der Waals surface area contributed by atoms with E-state index in [1.807, 2.05) is 19.2 Å². The Kier molecular flexibility index (Phi) is 3.08. The Morgan fingerprint density at radius 3 is 2.91 bits per heavy atom. The second-order valence-corrected chi connectivity index (χ2v) is 3.01. The van der Waals surface area contributed by atoms with Crippen LogP contribution in [0.25, 0.3) is 6.08 Å². The van der Waals surface area contributed by atoms with Crippen molar-refractivity contribution >= 4 is 33.6 Å². The first kappa shape index (κ1) is 8.74. The number of allylic oxidation sites excluding steroid dienone is 1. The van der Waals surface area contributed by atoms with Gasteiger partial charge in [-0.1, -0.05) is 11.3 Å². The largest absolute Gasteiger partial charge is 0.247 e. The van der Waals surface area contributed by atoms with Gasteiger partial charge in [-0.15, -0.1) is 16.7 Å². The summed E-state index contributed by atoms with van der Waals surface area (Å²) in [6, 6.07) is 0. The Bertz CT molecular complexity index is 249. The van der Waals surface area contributed by atoms with Crippen LogP contribution in [-0.2, 0) is 7.05 Å². The van der Waals surface area contributed by atoms with E-state index < -0.39 is 0 Å². The van der Waals surface area contributed by atoms with Crippen LogP contribution in [0.4, 0.5) is 0 Å². The smallest absolute Gasteiger partial charge is 0.155 e. The molecule has 1 heterocycles. The van der Waals surface area contributed by atoms with Gasteiger partial charge in [0.15, 0.2) is 4.60 Å². The molecule has 60 valence electrons. The molecule has 0 radical (unpaired) electrons. The van der Waals surface area contributed by atoms with E-state index in [9.17, 15) is 0 Å². The summed E-state index contributed by atoms with van der Waals surface area (Å²) in [5.74, 6) is 0.498. The number of rotatable bonds is 2. The van der Waals surface area contributed by atoms with Gasteiger partial charge < -0.3 is 0 Å². The number of aryl methyl sites for hydroxylation is 1. The highest BCUT2D eigenvalue weighted by Gasteiger charge is 2.01. The summed E-state index contributed by atoms with van der Waals surface area (Å²) in [6.07, 6.45) is 3.71. The van der Waals surface area contributed by atoms with Crippen LogP contribution in [0.1, 0.15) is 5.69 Å². The molecular weight excluding hydrogens is 229 g/mol. The van der Waals surface area contributed by atoms with Crippen molar-refractivity contribution in [2.45, 2.75) is 0 Å². The SMILES string of the molecule is Cn1nnc(Br)c1/C=C/CCl. The van der Waals surface area contributed by atoms with E-state index in [0.717, 1.165) is 10.3 Å². The van der Waals surface area contributed by atoms with Gasteiger partial charge in [0.2, 0.25) is 0 Å². The van der Waals surface area contributed by atoms with E-state index in [1.54, 1.807) is 4.68 Å². The monoisotopic (exact) mass is 235 g/mol. The van der Waals surface area contributed by atoms with Crippen LogP contribution in [0.3, 0.4) is 0 Å². The highest BCUT2D eigenvalue weighted by Crippen LogP contribution is 2.12. The van der Waals surface area contributed by atoms with E-state index in [0.29, 0.717) is 5.88 Å². The van der Waals surface area contributed by atoms with Gasteiger partial charge in [-0.25, -0.2) is 4.68 Å². The molecule has 11 heavy (non-hydrogen) atoms. The molecule has 5 heteroatoms. The standard InChI is InChI=1S/C6H7BrClN3/c1-11-5(3-2-4-8)6(7)9-10-11/h2-3H,4H2,1H3/b3-2+. The van der Waals surface area contributed by atoms with Gasteiger partial charge in [0.25, 0.3) is 0 Å². The third-order valence-electron chi connectivity index (χ3n) is 1.19. The fourth-order valence-electron chi connectivity index (χ4n) is 0.672. The van der Waals surface area contributed by atoms with Gasteiger partial charge in [-0.2, -0.15) is 0 Å². The second kappa shape index (κ2) is 3.88. The van der Waals surface area contributed by atoms with Crippen molar-refractivity contribution in [3.63, 3.8) is 0 Å². The number of alkyl halides is 1. The summed E-state index contributed by atoms with van der Waals surface area (Å²) in [6.45, 7) is 0. The molecule has 0 aliphatic rings. The molecule has 0 aromatic carbocycles. The first-order valence-electron chi connectivity index (χ1n) is 3.03. The van der Waals surface area contributed by atoms with Gasteiger partial charge in [-0.3, -0.25) is 0 Å². The lowest BCUT2D eigenvalue weighted by molar-refractivity contribution is 0.709. The molecule has 0 fully saturated rings. The molecule has 1 aromatic heterocycles. The fraction of sp³-hybridized carbons (Fsp3) is 0.333. The van der Waals surface area contributed by atoms with Crippen LogP contribution in [0, 0.1) is 0 Å². The van der Waals surface area contributed by atoms with Crippen molar-refractivity contribution in [2.24, 2.45) is 7.05 Å². The Balaban J connectivity index is 2.92. The molecule has 1 rings (SSSR count). The van der Waals surface area contributed by atoms with Crippen LogP contribution in [-0.4, -0.2) is 20.9 Å². The number of nitrogens with zero attached hydrogens (tertiary/aromatic N) is 3. The average Bonchev–Trinajstić information content (AvgIpc) is 2.29. The second-order valence-electron chi connectivity index (χ2n) is 1.95. The molecule has 1 aromatic rings. The molecule has 0 aliphatic carbocycles. The first-order valence-corrected chi connectivity index (χ1v) is 4.36. The highest BCUT2D eigenvalue weighted by atomic mass is 79.9. The van der Waals surface area contributed by atoms with Crippen LogP contribution in [0.2, 0.25) is 0 Å². The van der Waals surface area contributed by atoms with Gasteiger partial charge >= 0.3 is 0 Å².